The van der Waals surface area contributed by atoms with Crippen molar-refractivity contribution in [1.82, 2.24) is 9.47 Å². The second kappa shape index (κ2) is 10.2. The van der Waals surface area contributed by atoms with E-state index in [2.05, 4.69) is 15.6 Å². The van der Waals surface area contributed by atoms with Crippen molar-refractivity contribution in [1.29, 1.82) is 0 Å². The quantitative estimate of drug-likeness (QED) is 0.337. The smallest absolute Gasteiger partial charge is 0.337 e. The average Bonchev–Trinajstić information content (AvgIpc) is 3.32. The van der Waals surface area contributed by atoms with Gasteiger partial charge in [-0.1, -0.05) is 0 Å². The van der Waals surface area contributed by atoms with Gasteiger partial charge in [-0.25, -0.2) is 9.79 Å². The number of ether oxygens (including phenoxy) is 2. The first-order chi connectivity index (χ1) is 16.9. The molecule has 8 heteroatoms. The minimum absolute atomic E-state index is 0.0725. The number of nitrogens with zero attached hydrogens (tertiary/aromatic N) is 3. The second-order valence-corrected chi connectivity index (χ2v) is 8.96. The monoisotopic (exact) mass is 489 g/mol. The van der Waals surface area contributed by atoms with Crippen LogP contribution in [0.2, 0.25) is 0 Å². The molecule has 0 bridgehead atoms. The highest BCUT2D eigenvalue weighted by atomic mass is 32.2. The SMILES string of the molecule is CCN1C(=O)/C(=C\c2cc(C)n(-c3ccc(OC)cc3)c2C)SC1=Nc1ccc(C(=O)OC)cc1. The highest BCUT2D eigenvalue weighted by molar-refractivity contribution is 8.18. The summed E-state index contributed by atoms with van der Waals surface area (Å²) in [6.45, 7) is 6.52. The van der Waals surface area contributed by atoms with Crippen molar-refractivity contribution in [3.63, 3.8) is 0 Å². The van der Waals surface area contributed by atoms with Gasteiger partial charge in [-0.15, -0.1) is 0 Å². The minimum atomic E-state index is -0.401. The number of esters is 1. The summed E-state index contributed by atoms with van der Waals surface area (Å²) in [4.78, 5) is 31.8. The molecule has 0 spiro atoms. The number of carbonyl (C=O) groups excluding carboxylic acids is 2. The first-order valence-corrected chi connectivity index (χ1v) is 12.0. The van der Waals surface area contributed by atoms with E-state index in [1.807, 2.05) is 51.1 Å². The topological polar surface area (TPSA) is 73.1 Å². The summed E-state index contributed by atoms with van der Waals surface area (Å²) in [5.74, 6) is 0.330. The van der Waals surface area contributed by atoms with Gasteiger partial charge in [0.15, 0.2) is 5.17 Å². The number of aromatic nitrogens is 1. The van der Waals surface area contributed by atoms with Crippen molar-refractivity contribution in [3.8, 4) is 11.4 Å². The van der Waals surface area contributed by atoms with Crippen LogP contribution in [0.1, 0.15) is 34.2 Å². The normalized spacial score (nSPS) is 15.8. The van der Waals surface area contributed by atoms with Crippen LogP contribution in [0.15, 0.2) is 64.5 Å². The van der Waals surface area contributed by atoms with Crippen LogP contribution in [0, 0.1) is 13.8 Å². The Morgan fingerprint density at radius 2 is 1.74 bits per heavy atom. The minimum Gasteiger partial charge on any atom is -0.497 e. The Morgan fingerprint density at radius 1 is 1.06 bits per heavy atom. The number of hydrogen-bond donors (Lipinski definition) is 0. The van der Waals surface area contributed by atoms with Gasteiger partial charge in [-0.3, -0.25) is 9.69 Å². The lowest BCUT2D eigenvalue weighted by atomic mass is 10.2. The van der Waals surface area contributed by atoms with Crippen LogP contribution in [0.5, 0.6) is 5.75 Å². The number of thioether (sulfide) groups is 1. The molecule has 0 aliphatic carbocycles. The first kappa shape index (κ1) is 24.3. The first-order valence-electron chi connectivity index (χ1n) is 11.2. The summed E-state index contributed by atoms with van der Waals surface area (Å²) in [5.41, 5.74) is 5.23. The van der Waals surface area contributed by atoms with Crippen LogP contribution in [0.4, 0.5) is 5.69 Å². The Morgan fingerprint density at radius 3 is 2.34 bits per heavy atom. The van der Waals surface area contributed by atoms with E-state index in [9.17, 15) is 9.59 Å². The molecule has 7 nitrogen and oxygen atoms in total. The standard InChI is InChI=1S/C27H27N3O4S/c1-6-29-25(31)24(35-27(29)28-21-9-7-19(8-10-21)26(32)34-5)16-20-15-17(2)30(18(20)3)22-11-13-23(33-4)14-12-22/h7-16H,6H2,1-5H3/b24-16+,28-27?. The van der Waals surface area contributed by atoms with E-state index in [0.717, 1.165) is 28.4 Å². The predicted octanol–water partition coefficient (Wildman–Crippen LogP) is 5.51. The maximum Gasteiger partial charge on any atom is 0.337 e. The van der Waals surface area contributed by atoms with E-state index in [1.165, 1.54) is 18.9 Å². The van der Waals surface area contributed by atoms with E-state index in [0.29, 0.717) is 27.9 Å². The Balaban J connectivity index is 1.64. The molecule has 4 rings (SSSR count). The molecule has 2 aromatic carbocycles. The van der Waals surface area contributed by atoms with Gasteiger partial charge in [0, 0.05) is 23.6 Å². The molecular weight excluding hydrogens is 462 g/mol. The zero-order chi connectivity index (χ0) is 25.1. The fraction of sp³-hybridized carbons (Fsp3) is 0.222. The molecule has 35 heavy (non-hydrogen) atoms. The number of aliphatic imine (C=N–C) groups is 1. The zero-order valence-electron chi connectivity index (χ0n) is 20.4. The van der Waals surface area contributed by atoms with Crippen molar-refractivity contribution in [2.24, 2.45) is 4.99 Å². The van der Waals surface area contributed by atoms with Crippen molar-refractivity contribution in [2.45, 2.75) is 20.8 Å². The zero-order valence-corrected chi connectivity index (χ0v) is 21.2. The molecule has 1 amide bonds. The molecular formula is C27H27N3O4S. The van der Waals surface area contributed by atoms with Crippen molar-refractivity contribution >= 4 is 40.6 Å². The van der Waals surface area contributed by atoms with Crippen LogP contribution in [-0.4, -0.2) is 47.3 Å². The summed E-state index contributed by atoms with van der Waals surface area (Å²) in [5, 5.41) is 0.610. The maximum absolute atomic E-state index is 13.1. The summed E-state index contributed by atoms with van der Waals surface area (Å²) >= 11 is 1.35. The fourth-order valence-corrected chi connectivity index (χ4v) is 5.03. The van der Waals surface area contributed by atoms with E-state index in [4.69, 9.17) is 9.47 Å². The van der Waals surface area contributed by atoms with E-state index < -0.39 is 5.97 Å². The van der Waals surface area contributed by atoms with Gasteiger partial charge in [0.25, 0.3) is 5.91 Å². The van der Waals surface area contributed by atoms with Crippen molar-refractivity contribution in [2.75, 3.05) is 20.8 Å². The van der Waals surface area contributed by atoms with Crippen LogP contribution >= 0.6 is 11.8 Å². The average molecular weight is 490 g/mol. The predicted molar refractivity (Wildman–Crippen MR) is 140 cm³/mol. The maximum atomic E-state index is 13.1. The van der Waals surface area contributed by atoms with Crippen LogP contribution in [0.25, 0.3) is 11.8 Å². The number of rotatable bonds is 6. The number of carbonyl (C=O) groups is 2. The molecule has 1 saturated heterocycles. The molecule has 0 atom stereocenters. The summed E-state index contributed by atoms with van der Waals surface area (Å²) in [6, 6.07) is 16.8. The van der Waals surface area contributed by atoms with Gasteiger partial charge < -0.3 is 14.0 Å². The number of hydrogen-bond acceptors (Lipinski definition) is 6. The summed E-state index contributed by atoms with van der Waals surface area (Å²) in [6.07, 6.45) is 1.93. The number of aryl methyl sites for hydroxylation is 1. The molecule has 1 aromatic heterocycles. The summed E-state index contributed by atoms with van der Waals surface area (Å²) < 4.78 is 12.2. The Labute approximate surface area is 209 Å². The molecule has 1 aliphatic heterocycles. The van der Waals surface area contributed by atoms with Gasteiger partial charge in [-0.05, 0) is 98.8 Å². The highest BCUT2D eigenvalue weighted by Crippen LogP contribution is 2.35. The van der Waals surface area contributed by atoms with Crippen molar-refractivity contribution in [3.05, 3.63) is 82.0 Å². The van der Waals surface area contributed by atoms with E-state index >= 15 is 0 Å². The lowest BCUT2D eigenvalue weighted by molar-refractivity contribution is -0.122. The Kier molecular flexibility index (Phi) is 7.12. The van der Waals surface area contributed by atoms with Crippen LogP contribution < -0.4 is 4.74 Å². The largest absolute Gasteiger partial charge is 0.497 e. The van der Waals surface area contributed by atoms with Gasteiger partial charge in [0.1, 0.15) is 5.75 Å². The van der Waals surface area contributed by atoms with E-state index in [1.54, 1.807) is 36.3 Å². The molecule has 0 radical (unpaired) electrons. The van der Waals surface area contributed by atoms with Gasteiger partial charge in [0.2, 0.25) is 0 Å². The van der Waals surface area contributed by atoms with Gasteiger partial charge >= 0.3 is 5.97 Å². The molecule has 180 valence electrons. The van der Waals surface area contributed by atoms with Gasteiger partial charge in [-0.2, -0.15) is 0 Å². The molecule has 3 aromatic rings. The molecule has 0 unspecified atom stereocenters. The third-order valence-electron chi connectivity index (χ3n) is 5.80. The second-order valence-electron chi connectivity index (χ2n) is 7.95. The molecule has 0 saturated carbocycles. The Hall–Kier alpha value is -3.78. The van der Waals surface area contributed by atoms with Crippen LogP contribution in [-0.2, 0) is 9.53 Å². The molecule has 1 aliphatic rings. The summed E-state index contributed by atoms with van der Waals surface area (Å²) in [7, 11) is 2.99. The Bertz CT molecular complexity index is 1320. The number of likely N-dealkylation sites (N-methyl/N-ethyl adjacent to an activating group) is 1. The highest BCUT2D eigenvalue weighted by Gasteiger charge is 2.32. The number of benzene rings is 2. The molecule has 2 heterocycles. The third-order valence-corrected chi connectivity index (χ3v) is 6.81. The molecule has 1 fully saturated rings. The lowest BCUT2D eigenvalue weighted by Crippen LogP contribution is -2.28. The lowest BCUT2D eigenvalue weighted by Gasteiger charge is -2.12. The molecule has 0 N–H and O–H groups in total. The number of amides is 1. The number of amidine groups is 1. The number of methoxy groups -OCH3 is 2. The third kappa shape index (κ3) is 4.88. The van der Waals surface area contributed by atoms with Gasteiger partial charge in [0.05, 0.1) is 30.4 Å². The van der Waals surface area contributed by atoms with E-state index in [-0.39, 0.29) is 5.91 Å². The van der Waals surface area contributed by atoms with Crippen molar-refractivity contribution < 1.29 is 19.1 Å². The fourth-order valence-electron chi connectivity index (χ4n) is 3.97. The van der Waals surface area contributed by atoms with Crippen LogP contribution in [0.3, 0.4) is 0 Å².